The van der Waals surface area contributed by atoms with Crippen LogP contribution >= 0.6 is 0 Å². The molecule has 0 bridgehead atoms. The molecule has 3 rings (SSSR count). The van der Waals surface area contributed by atoms with Crippen molar-refractivity contribution in [3.63, 3.8) is 0 Å². The van der Waals surface area contributed by atoms with Crippen LogP contribution in [0.2, 0.25) is 0 Å². The first-order valence-corrected chi connectivity index (χ1v) is 33.6. The van der Waals surface area contributed by atoms with Crippen LogP contribution in [0.1, 0.15) is 135 Å². The molecule has 21 N–H and O–H groups in total. The van der Waals surface area contributed by atoms with Crippen molar-refractivity contribution in [1.29, 1.82) is 0 Å². The molecule has 3 aromatic rings. The smallest absolute Gasteiger partial charge is 0.326 e. The fourth-order valence-electron chi connectivity index (χ4n) is 10.4. The van der Waals surface area contributed by atoms with Crippen molar-refractivity contribution in [1.82, 2.24) is 53.2 Å². The molecule has 0 aliphatic heterocycles. The molecule has 0 fully saturated rings. The monoisotopic (exact) mass is 1410 g/mol. The normalized spacial score (nSPS) is 14.7. The first-order chi connectivity index (χ1) is 47.7. The minimum atomic E-state index is -1.89. The van der Waals surface area contributed by atoms with Crippen molar-refractivity contribution < 1.29 is 87.2 Å². The molecule has 0 saturated carbocycles. The molecule has 0 saturated heterocycles. The van der Waals surface area contributed by atoms with E-state index in [1.165, 1.54) is 0 Å². The van der Waals surface area contributed by atoms with E-state index in [2.05, 4.69) is 53.2 Å². The van der Waals surface area contributed by atoms with Crippen LogP contribution in [0.25, 0.3) is 0 Å². The highest BCUT2D eigenvalue weighted by atomic mass is 16.4. The zero-order valence-electron chi connectivity index (χ0n) is 57.8. The van der Waals surface area contributed by atoms with Crippen LogP contribution in [0.5, 0.6) is 0 Å². The summed E-state index contributed by atoms with van der Waals surface area (Å²) < 4.78 is 0. The molecule has 0 radical (unpaired) electrons. The molecular weight excluding hydrogens is 1310 g/mol. The van der Waals surface area contributed by atoms with Gasteiger partial charge in [-0.1, -0.05) is 139 Å². The van der Waals surface area contributed by atoms with Gasteiger partial charge in [0.25, 0.3) is 0 Å². The number of benzene rings is 3. The van der Waals surface area contributed by atoms with Crippen molar-refractivity contribution >= 4 is 88.8 Å². The Balaban J connectivity index is 1.96. The number of hydrogen-bond donors (Lipinski definition) is 17. The van der Waals surface area contributed by atoms with Gasteiger partial charge in [-0.2, -0.15) is 0 Å². The van der Waals surface area contributed by atoms with E-state index in [0.29, 0.717) is 23.1 Å². The van der Waals surface area contributed by atoms with Gasteiger partial charge in [0.1, 0.15) is 60.4 Å². The molecule has 0 heterocycles. The lowest BCUT2D eigenvalue weighted by Crippen LogP contribution is -2.62. The largest absolute Gasteiger partial charge is 0.481 e. The van der Waals surface area contributed by atoms with Gasteiger partial charge in [-0.25, -0.2) is 4.79 Å². The summed E-state index contributed by atoms with van der Waals surface area (Å²) in [6.45, 7) is 10.0. The van der Waals surface area contributed by atoms with Gasteiger partial charge in [-0.3, -0.25) is 67.1 Å². The number of nitrogens with two attached hydrogens (primary N) is 4. The quantitative estimate of drug-likeness (QED) is 0.0293. The van der Waals surface area contributed by atoms with Gasteiger partial charge in [0.2, 0.25) is 70.9 Å². The van der Waals surface area contributed by atoms with E-state index in [1.807, 2.05) is 0 Å². The van der Waals surface area contributed by atoms with Gasteiger partial charge in [0.15, 0.2) is 0 Å². The lowest BCUT2D eigenvalue weighted by atomic mass is 9.96. The van der Waals surface area contributed by atoms with Crippen molar-refractivity contribution in [2.24, 2.45) is 40.7 Å². The molecule has 101 heavy (non-hydrogen) atoms. The Morgan fingerprint density at radius 2 is 0.743 bits per heavy atom. The molecule has 0 spiro atoms. The lowest BCUT2D eigenvalue weighted by molar-refractivity contribution is -0.142. The third-order valence-electron chi connectivity index (χ3n) is 16.3. The van der Waals surface area contributed by atoms with Crippen LogP contribution in [0.3, 0.4) is 0 Å². The van der Waals surface area contributed by atoms with Gasteiger partial charge in [-0.15, -0.1) is 0 Å². The van der Waals surface area contributed by atoms with Gasteiger partial charge < -0.3 is 91.4 Å². The molecule has 0 aliphatic carbocycles. The van der Waals surface area contributed by atoms with Gasteiger partial charge >= 0.3 is 17.9 Å². The summed E-state index contributed by atoms with van der Waals surface area (Å²) in [5, 5.41) is 55.1. The maximum atomic E-state index is 14.6. The Hall–Kier alpha value is -10.4. The van der Waals surface area contributed by atoms with Gasteiger partial charge in [0, 0.05) is 38.5 Å². The second kappa shape index (κ2) is 43.9. The highest BCUT2D eigenvalue weighted by Crippen LogP contribution is 2.16. The first kappa shape index (κ1) is 84.9. The summed E-state index contributed by atoms with van der Waals surface area (Å²) in [5.41, 5.74) is 24.2. The number of carbonyl (C=O) groups is 15. The molecular formula is C69H100N14O18. The molecule has 0 aliphatic rings. The Morgan fingerprint density at radius 3 is 1.19 bits per heavy atom. The maximum Gasteiger partial charge on any atom is 0.326 e. The van der Waals surface area contributed by atoms with Gasteiger partial charge in [0.05, 0.1) is 12.5 Å². The highest BCUT2D eigenvalue weighted by Gasteiger charge is 2.38. The number of nitrogens with one attached hydrogen (secondary N) is 10. The van der Waals surface area contributed by atoms with Gasteiger partial charge in [-0.05, 0) is 85.9 Å². The average Bonchev–Trinajstić information content (AvgIpc) is 0.855. The van der Waals surface area contributed by atoms with E-state index in [4.69, 9.17) is 22.9 Å². The first-order valence-electron chi connectivity index (χ1n) is 33.6. The third kappa shape index (κ3) is 31.6. The van der Waals surface area contributed by atoms with Crippen LogP contribution in [0.4, 0.5) is 0 Å². The number of carboxylic acid groups (broad SMARTS) is 3. The topological polar surface area (TPSA) is 541 Å². The van der Waals surface area contributed by atoms with Crippen LogP contribution in [-0.4, -0.2) is 177 Å². The Bertz CT molecular complexity index is 3290. The van der Waals surface area contributed by atoms with E-state index in [1.54, 1.807) is 133 Å². The number of primary amides is 2. The molecule has 554 valence electrons. The molecule has 0 aromatic heterocycles. The van der Waals surface area contributed by atoms with Crippen molar-refractivity contribution in [2.75, 3.05) is 6.54 Å². The fraction of sp³-hybridized carbons (Fsp3) is 0.522. The second-order valence-corrected chi connectivity index (χ2v) is 25.6. The number of rotatable bonds is 47. The van der Waals surface area contributed by atoms with Crippen molar-refractivity contribution in [3.05, 3.63) is 108 Å². The number of hydrogen-bond acceptors (Lipinski definition) is 17. The maximum absolute atomic E-state index is 14.6. The van der Waals surface area contributed by atoms with Crippen LogP contribution < -0.4 is 76.1 Å². The Kier molecular flexibility index (Phi) is 36.9. The molecule has 3 aromatic carbocycles. The van der Waals surface area contributed by atoms with E-state index in [0.717, 1.165) is 0 Å². The van der Waals surface area contributed by atoms with E-state index >= 15 is 0 Å². The zero-order chi connectivity index (χ0) is 75.5. The molecule has 12 atom stereocenters. The molecule has 32 nitrogen and oxygen atoms in total. The lowest BCUT2D eigenvalue weighted by Gasteiger charge is -2.30. The predicted molar refractivity (Wildman–Crippen MR) is 368 cm³/mol. The summed E-state index contributed by atoms with van der Waals surface area (Å²) in [6, 6.07) is 8.34. The SMILES string of the molecule is CC[C@H](C)[C@H](NC(=O)[C@H](CCCCN)NC(=O)[C@H](CC(=O)O)NC(=O)[C@H](Cc1ccccc1)NC(=O)[C@@H](N)CCC(N)=O)C(=O)N[C@@H](CCC(N)=O)C(=O)N[C@@H](CCC(=O)O)C(=O)N[C@@H](CC(C)C)C(=O)N[C@@H](Cc1ccccc1)C(=O)N[C@H](C(=O)N[C@@H](Cc1ccccc1)C(=O)O)C(C)C. The number of carbonyl (C=O) groups excluding carboxylic acids is 12. The van der Waals surface area contributed by atoms with E-state index < -0.39 is 199 Å². The summed E-state index contributed by atoms with van der Waals surface area (Å²) in [4.78, 5) is 203. The average molecular weight is 1410 g/mol. The minimum absolute atomic E-state index is 0.0749. The number of aliphatic carboxylic acids is 3. The second-order valence-electron chi connectivity index (χ2n) is 25.6. The third-order valence-corrected chi connectivity index (χ3v) is 16.3. The summed E-state index contributed by atoms with van der Waals surface area (Å²) in [5.74, 6) is -17.7. The molecule has 0 unspecified atom stereocenters. The van der Waals surface area contributed by atoms with E-state index in [9.17, 15) is 87.2 Å². The van der Waals surface area contributed by atoms with Crippen LogP contribution in [0, 0.1) is 17.8 Å². The molecule has 32 heteroatoms. The Labute approximate surface area is 586 Å². The summed E-state index contributed by atoms with van der Waals surface area (Å²) in [6.07, 6.45) is -3.88. The summed E-state index contributed by atoms with van der Waals surface area (Å²) in [7, 11) is 0. The van der Waals surface area contributed by atoms with Crippen LogP contribution in [0.15, 0.2) is 91.0 Å². The number of amides is 12. The standard InChI is InChI=1S/C69H100N14O18/c1-7-40(6)58(83-62(93)45(25-17-18-32-70)74-65(96)51(37-56(88)89)80-64(95)49(34-41-19-11-8-12-20-41)77-59(90)44(71)26-29-53(72)84)68(99)76-46(27-30-54(73)85)60(91)75-47(28-31-55(86)87)61(92)78-48(33-38(2)3)63(94)79-50(35-42-21-13-9-14-22-42)66(97)82-57(39(4)5)67(98)81-52(69(100)101)36-43-23-15-10-16-24-43/h8-16,19-24,38-40,44-52,57-58H,7,17-18,25-37,70-71H2,1-6H3,(H2,72,84)(H2,73,85)(H,74,96)(H,75,91)(H,76,99)(H,77,90)(H,78,92)(H,79,94)(H,80,95)(H,81,98)(H,82,97)(H,83,93)(H,86,87)(H,88,89)(H,100,101)/t40-,44-,45-,46-,47-,48-,49-,50-,51-,52-,57-,58-/m0/s1. The fourth-order valence-corrected chi connectivity index (χ4v) is 10.4. The number of carboxylic acids is 3. The predicted octanol–water partition coefficient (Wildman–Crippen LogP) is -1.28. The van der Waals surface area contributed by atoms with E-state index in [-0.39, 0.29) is 70.3 Å². The highest BCUT2D eigenvalue weighted by molar-refractivity contribution is 6.00. The van der Waals surface area contributed by atoms with Crippen LogP contribution in [-0.2, 0) is 91.2 Å². The summed E-state index contributed by atoms with van der Waals surface area (Å²) >= 11 is 0. The van der Waals surface area contributed by atoms with Crippen molar-refractivity contribution in [3.8, 4) is 0 Å². The number of unbranched alkanes of at least 4 members (excludes halogenated alkanes) is 1. The molecule has 12 amide bonds. The van der Waals surface area contributed by atoms with Crippen molar-refractivity contribution in [2.45, 2.75) is 204 Å². The Morgan fingerprint density at radius 1 is 0.386 bits per heavy atom. The minimum Gasteiger partial charge on any atom is -0.481 e. The zero-order valence-corrected chi connectivity index (χ0v) is 57.8.